The number of carbonyl (C=O) groups excluding carboxylic acids is 1. The number of aromatic nitrogens is 2. The van der Waals surface area contributed by atoms with Crippen molar-refractivity contribution in [2.24, 2.45) is 0 Å². The van der Waals surface area contributed by atoms with Gasteiger partial charge in [-0.2, -0.15) is 4.98 Å². The van der Waals surface area contributed by atoms with Crippen molar-refractivity contribution in [3.05, 3.63) is 65.8 Å². The van der Waals surface area contributed by atoms with Crippen LogP contribution in [0.25, 0.3) is 0 Å². The zero-order valence-electron chi connectivity index (χ0n) is 21.8. The molecule has 200 valence electrons. The predicted octanol–water partition coefficient (Wildman–Crippen LogP) is 5.46. The van der Waals surface area contributed by atoms with E-state index in [4.69, 9.17) is 16.3 Å². The van der Waals surface area contributed by atoms with Crippen LogP contribution in [0, 0.1) is 0 Å². The van der Waals surface area contributed by atoms with Gasteiger partial charge in [-0.25, -0.2) is 4.98 Å². The minimum Gasteiger partial charge on any atom is -0.495 e. The van der Waals surface area contributed by atoms with E-state index >= 15 is 0 Å². The average Bonchev–Trinajstić information content (AvgIpc) is 3.39. The van der Waals surface area contributed by atoms with Gasteiger partial charge in [0.1, 0.15) is 17.9 Å². The third kappa shape index (κ3) is 6.92. The van der Waals surface area contributed by atoms with Gasteiger partial charge in [0.2, 0.25) is 5.95 Å². The Balaban J connectivity index is 1.52. The van der Waals surface area contributed by atoms with E-state index in [0.717, 1.165) is 25.9 Å². The molecule has 1 amide bonds. The highest BCUT2D eigenvalue weighted by Crippen LogP contribution is 2.39. The van der Waals surface area contributed by atoms with Crippen molar-refractivity contribution in [2.45, 2.75) is 12.8 Å². The first kappa shape index (κ1) is 27.6. The summed E-state index contributed by atoms with van der Waals surface area (Å²) >= 11 is 6.38. The first-order chi connectivity index (χ1) is 18.1. The summed E-state index contributed by atoms with van der Waals surface area (Å²) < 4.78 is 18.2. The molecule has 3 N–H and O–H groups in total. The molecule has 1 aliphatic heterocycles. The smallest absolute Gasteiger partial charge is 0.252 e. The number of hydrogen-bond donors (Lipinski definition) is 3. The Bertz CT molecular complexity index is 1390. The Morgan fingerprint density at radius 3 is 2.58 bits per heavy atom. The van der Waals surface area contributed by atoms with Crippen molar-refractivity contribution in [1.82, 2.24) is 14.9 Å². The van der Waals surface area contributed by atoms with Gasteiger partial charge in [0, 0.05) is 23.1 Å². The number of carbonyl (C=O) groups is 1. The number of nitrogens with one attached hydrogen (secondary N) is 3. The second-order valence-corrected chi connectivity index (χ2v) is 13.1. The van der Waals surface area contributed by atoms with Gasteiger partial charge >= 0.3 is 0 Å². The molecule has 0 unspecified atom stereocenters. The van der Waals surface area contributed by atoms with Crippen LogP contribution >= 0.6 is 18.7 Å². The lowest BCUT2D eigenvalue weighted by molar-refractivity contribution is -0.113. The van der Waals surface area contributed by atoms with Crippen LogP contribution < -0.4 is 26.0 Å². The molecule has 1 aliphatic rings. The summed E-state index contributed by atoms with van der Waals surface area (Å²) in [5, 5.41) is 10.2. The van der Waals surface area contributed by atoms with Gasteiger partial charge < -0.3 is 25.3 Å². The second-order valence-electron chi connectivity index (χ2n) is 9.46. The molecule has 1 saturated heterocycles. The van der Waals surface area contributed by atoms with Crippen molar-refractivity contribution >= 4 is 58.8 Å². The third-order valence-corrected chi connectivity index (χ3v) is 7.95. The molecule has 1 aromatic heterocycles. The number of nitrogens with zero attached hydrogens (tertiary/aromatic N) is 3. The average molecular weight is 555 g/mol. The van der Waals surface area contributed by atoms with Crippen LogP contribution in [0.2, 0.25) is 5.02 Å². The molecule has 1 fully saturated rings. The van der Waals surface area contributed by atoms with Gasteiger partial charge in [-0.05, 0) is 69.6 Å². The summed E-state index contributed by atoms with van der Waals surface area (Å²) in [6.07, 6.45) is 3.77. The Morgan fingerprint density at radius 1 is 1.13 bits per heavy atom. The lowest BCUT2D eigenvalue weighted by atomic mass is 10.2. The van der Waals surface area contributed by atoms with E-state index in [0.29, 0.717) is 51.1 Å². The summed E-state index contributed by atoms with van der Waals surface area (Å²) in [5.74, 6) is 0.915. The number of para-hydroxylation sites is 1. The van der Waals surface area contributed by atoms with Crippen molar-refractivity contribution in [3.8, 4) is 5.75 Å². The number of amides is 1. The molecular formula is C27H32ClN6O3P. The van der Waals surface area contributed by atoms with E-state index in [2.05, 4.69) is 37.4 Å². The number of rotatable bonds is 10. The maximum Gasteiger partial charge on any atom is 0.252 e. The van der Waals surface area contributed by atoms with Crippen molar-refractivity contribution < 1.29 is 14.1 Å². The van der Waals surface area contributed by atoms with Crippen LogP contribution in [-0.2, 0) is 9.36 Å². The number of hydrogen-bond acceptors (Lipinski definition) is 8. The van der Waals surface area contributed by atoms with E-state index in [1.807, 2.05) is 24.3 Å². The van der Waals surface area contributed by atoms with Crippen LogP contribution in [0.5, 0.6) is 5.75 Å². The van der Waals surface area contributed by atoms with Crippen LogP contribution in [0.15, 0.2) is 60.8 Å². The highest BCUT2D eigenvalue weighted by molar-refractivity contribution is 7.70. The molecule has 9 nitrogen and oxygen atoms in total. The fourth-order valence-electron chi connectivity index (χ4n) is 4.20. The molecule has 0 bridgehead atoms. The molecule has 0 aliphatic carbocycles. The number of methoxy groups -OCH3 is 1. The topological polar surface area (TPSA) is 108 Å². The first-order valence-corrected chi connectivity index (χ1v) is 15.2. The van der Waals surface area contributed by atoms with Gasteiger partial charge in [-0.3, -0.25) is 9.69 Å². The highest BCUT2D eigenvalue weighted by atomic mass is 35.5. The van der Waals surface area contributed by atoms with Gasteiger partial charge in [-0.1, -0.05) is 30.3 Å². The first-order valence-electron chi connectivity index (χ1n) is 12.2. The van der Waals surface area contributed by atoms with Gasteiger partial charge in [0.15, 0.2) is 5.82 Å². The van der Waals surface area contributed by atoms with Crippen molar-refractivity contribution in [1.29, 1.82) is 0 Å². The van der Waals surface area contributed by atoms with Gasteiger partial charge in [0.05, 0.1) is 24.7 Å². The largest absolute Gasteiger partial charge is 0.495 e. The summed E-state index contributed by atoms with van der Waals surface area (Å²) in [6.45, 7) is 9.91. The summed E-state index contributed by atoms with van der Waals surface area (Å²) in [4.78, 5) is 23.8. The van der Waals surface area contributed by atoms with Crippen LogP contribution in [0.3, 0.4) is 0 Å². The highest BCUT2D eigenvalue weighted by Gasteiger charge is 2.19. The molecule has 0 radical (unpaired) electrons. The van der Waals surface area contributed by atoms with Gasteiger partial charge in [0.25, 0.3) is 5.91 Å². The zero-order valence-corrected chi connectivity index (χ0v) is 23.4. The minimum absolute atomic E-state index is 0.231. The monoisotopic (exact) mass is 554 g/mol. The number of benzene rings is 2. The molecule has 2 aromatic carbocycles. The molecule has 4 rings (SSSR count). The standard InChI is InChI=1S/C27H32ClN6O3P/c1-18(17-34-13-7-8-14-34)26(35)30-19-11-12-23(37-2)22(15-19)32-27-29-16-20(28)25(33-27)31-21-9-5-6-10-24(21)38(3,4)36/h5-6,9-12,15-16H,1,7-8,13-14,17H2,2-4H3,(H,30,35)(H2,29,31,32,33). The van der Waals surface area contributed by atoms with Crippen LogP contribution in [0.4, 0.5) is 28.8 Å². The Labute approximate surface area is 228 Å². The number of ether oxygens (including phenoxy) is 1. The van der Waals surface area contributed by atoms with Crippen LogP contribution in [0.1, 0.15) is 12.8 Å². The fraction of sp³-hybridized carbons (Fsp3) is 0.296. The molecule has 3 aromatic rings. The zero-order chi connectivity index (χ0) is 27.3. The number of halogens is 1. The summed E-state index contributed by atoms with van der Waals surface area (Å²) in [7, 11) is -0.990. The quantitative estimate of drug-likeness (QED) is 0.224. The van der Waals surface area contributed by atoms with E-state index in [-0.39, 0.29) is 11.9 Å². The minimum atomic E-state index is -2.54. The van der Waals surface area contributed by atoms with Gasteiger partial charge in [-0.15, -0.1) is 0 Å². The lowest BCUT2D eigenvalue weighted by Crippen LogP contribution is -2.27. The normalized spacial score (nSPS) is 13.7. The van der Waals surface area contributed by atoms with Crippen LogP contribution in [-0.4, -0.2) is 60.8 Å². The molecule has 11 heteroatoms. The fourth-order valence-corrected chi connectivity index (χ4v) is 5.49. The third-order valence-electron chi connectivity index (χ3n) is 6.12. The summed E-state index contributed by atoms with van der Waals surface area (Å²) in [6, 6.07) is 12.6. The van der Waals surface area contributed by atoms with E-state index < -0.39 is 7.14 Å². The molecule has 38 heavy (non-hydrogen) atoms. The van der Waals surface area contributed by atoms with E-state index in [1.165, 1.54) is 6.20 Å². The maximum atomic E-state index is 12.8. The maximum absolute atomic E-state index is 12.8. The van der Waals surface area contributed by atoms with Crippen molar-refractivity contribution in [2.75, 3.05) is 56.0 Å². The lowest BCUT2D eigenvalue weighted by Gasteiger charge is -2.17. The SMILES string of the molecule is C=C(CN1CCCC1)C(=O)Nc1ccc(OC)c(Nc2ncc(Cl)c(Nc3ccccc3P(C)(C)=O)n2)c1. The van der Waals surface area contributed by atoms with Crippen molar-refractivity contribution in [3.63, 3.8) is 0 Å². The molecule has 0 spiro atoms. The molecule has 0 atom stereocenters. The number of anilines is 5. The Hall–Kier alpha value is -3.39. The molecule has 0 saturated carbocycles. The Kier molecular flexibility index (Phi) is 8.72. The number of likely N-dealkylation sites (tertiary alicyclic amines) is 1. The summed E-state index contributed by atoms with van der Waals surface area (Å²) in [5.41, 5.74) is 2.29. The molecule has 2 heterocycles. The van der Waals surface area contributed by atoms with E-state index in [1.54, 1.807) is 38.6 Å². The van der Waals surface area contributed by atoms with E-state index in [9.17, 15) is 9.36 Å². The molecular weight excluding hydrogens is 523 g/mol. The second kappa shape index (κ2) is 12.0. The predicted molar refractivity (Wildman–Crippen MR) is 156 cm³/mol. The Morgan fingerprint density at radius 2 is 1.87 bits per heavy atom.